The van der Waals surface area contributed by atoms with Crippen LogP contribution in [0, 0.1) is 6.92 Å². The smallest absolute Gasteiger partial charge is 0.337 e. The van der Waals surface area contributed by atoms with Crippen molar-refractivity contribution in [3.05, 3.63) is 59.8 Å². The van der Waals surface area contributed by atoms with Gasteiger partial charge in [0, 0.05) is 16.3 Å². The summed E-state index contributed by atoms with van der Waals surface area (Å²) in [5.41, 5.74) is 4.88. The number of carbonyl (C=O) groups is 1. The lowest BCUT2D eigenvalue weighted by molar-refractivity contribution is 0.0601. The number of pyridine rings is 1. The van der Waals surface area contributed by atoms with E-state index in [0.29, 0.717) is 5.56 Å². The molecule has 0 aliphatic rings. The molecular formula is C19H15N3O2. The summed E-state index contributed by atoms with van der Waals surface area (Å²) in [6.45, 7) is 1.95. The van der Waals surface area contributed by atoms with E-state index in [-0.39, 0.29) is 5.97 Å². The summed E-state index contributed by atoms with van der Waals surface area (Å²) in [4.78, 5) is 16.7. The molecule has 0 fully saturated rings. The van der Waals surface area contributed by atoms with E-state index >= 15 is 0 Å². The van der Waals surface area contributed by atoms with Crippen LogP contribution < -0.4 is 0 Å². The minimum Gasteiger partial charge on any atom is -0.465 e. The van der Waals surface area contributed by atoms with E-state index < -0.39 is 0 Å². The van der Waals surface area contributed by atoms with Crippen molar-refractivity contribution in [3.8, 4) is 11.3 Å². The number of nitrogens with zero attached hydrogens (tertiary/aromatic N) is 2. The van der Waals surface area contributed by atoms with Gasteiger partial charge in [0.15, 0.2) is 0 Å². The van der Waals surface area contributed by atoms with E-state index in [9.17, 15) is 4.79 Å². The molecular weight excluding hydrogens is 302 g/mol. The van der Waals surface area contributed by atoms with Gasteiger partial charge in [0.2, 0.25) is 0 Å². The van der Waals surface area contributed by atoms with Crippen LogP contribution in [0.5, 0.6) is 0 Å². The molecule has 1 N–H and O–H groups in total. The average molecular weight is 317 g/mol. The van der Waals surface area contributed by atoms with Crippen LogP contribution >= 0.6 is 0 Å². The van der Waals surface area contributed by atoms with Crippen molar-refractivity contribution >= 4 is 27.8 Å². The van der Waals surface area contributed by atoms with Crippen molar-refractivity contribution < 1.29 is 9.53 Å². The topological polar surface area (TPSA) is 67.9 Å². The second-order valence-corrected chi connectivity index (χ2v) is 5.62. The molecule has 0 spiro atoms. The number of rotatable bonds is 2. The number of fused-ring (bicyclic) bond motifs is 3. The summed E-state index contributed by atoms with van der Waals surface area (Å²) in [7, 11) is 1.38. The predicted octanol–water partition coefficient (Wildman–Crippen LogP) is 3.87. The maximum absolute atomic E-state index is 11.9. The van der Waals surface area contributed by atoms with E-state index in [0.717, 1.165) is 38.8 Å². The maximum atomic E-state index is 11.9. The third kappa shape index (κ3) is 2.13. The lowest BCUT2D eigenvalue weighted by Crippen LogP contribution is -2.01. The highest BCUT2D eigenvalue weighted by Gasteiger charge is 2.16. The van der Waals surface area contributed by atoms with Crippen molar-refractivity contribution in [1.82, 2.24) is 15.2 Å². The van der Waals surface area contributed by atoms with Gasteiger partial charge in [-0.15, -0.1) is 0 Å². The van der Waals surface area contributed by atoms with Crippen LogP contribution in [-0.2, 0) is 4.74 Å². The highest BCUT2D eigenvalue weighted by atomic mass is 16.5. The Morgan fingerprint density at radius 1 is 1.04 bits per heavy atom. The number of aromatic amines is 1. The Morgan fingerprint density at radius 3 is 2.58 bits per heavy atom. The van der Waals surface area contributed by atoms with Crippen LogP contribution in [0.2, 0.25) is 0 Å². The van der Waals surface area contributed by atoms with E-state index in [4.69, 9.17) is 9.72 Å². The highest BCUT2D eigenvalue weighted by Crippen LogP contribution is 2.33. The Bertz CT molecular complexity index is 1070. The monoisotopic (exact) mass is 317 g/mol. The first-order chi connectivity index (χ1) is 11.7. The number of aryl methyl sites for hydroxylation is 1. The second kappa shape index (κ2) is 5.45. The zero-order chi connectivity index (χ0) is 16.7. The van der Waals surface area contributed by atoms with Crippen LogP contribution in [0.1, 0.15) is 16.1 Å². The maximum Gasteiger partial charge on any atom is 0.337 e. The molecule has 24 heavy (non-hydrogen) atoms. The van der Waals surface area contributed by atoms with Crippen molar-refractivity contribution in [1.29, 1.82) is 0 Å². The van der Waals surface area contributed by atoms with Gasteiger partial charge in [-0.3, -0.25) is 5.10 Å². The van der Waals surface area contributed by atoms with Crippen LogP contribution in [0.4, 0.5) is 0 Å². The fourth-order valence-corrected chi connectivity index (χ4v) is 2.93. The molecule has 118 valence electrons. The van der Waals surface area contributed by atoms with Crippen molar-refractivity contribution in [2.24, 2.45) is 0 Å². The molecule has 0 unspecified atom stereocenters. The molecule has 0 saturated carbocycles. The number of ether oxygens (including phenoxy) is 1. The summed E-state index contributed by atoms with van der Waals surface area (Å²) in [6, 6.07) is 15.4. The fourth-order valence-electron chi connectivity index (χ4n) is 2.93. The Morgan fingerprint density at radius 2 is 1.83 bits per heavy atom. The number of H-pyrrole nitrogens is 1. The van der Waals surface area contributed by atoms with E-state index in [1.165, 1.54) is 7.11 Å². The molecule has 0 bridgehead atoms. The summed E-state index contributed by atoms with van der Waals surface area (Å²) in [5.74, 6) is -0.366. The molecule has 2 aromatic heterocycles. The van der Waals surface area contributed by atoms with E-state index in [2.05, 4.69) is 10.2 Å². The second-order valence-electron chi connectivity index (χ2n) is 5.62. The van der Waals surface area contributed by atoms with Gasteiger partial charge >= 0.3 is 5.97 Å². The molecule has 0 amide bonds. The molecule has 0 saturated heterocycles. The van der Waals surface area contributed by atoms with Gasteiger partial charge in [0.25, 0.3) is 0 Å². The van der Waals surface area contributed by atoms with Gasteiger partial charge < -0.3 is 4.74 Å². The first-order valence-electron chi connectivity index (χ1n) is 7.61. The number of carbonyl (C=O) groups excluding carboxylic acids is 1. The third-order valence-corrected chi connectivity index (χ3v) is 4.14. The van der Waals surface area contributed by atoms with Gasteiger partial charge in [-0.05, 0) is 19.1 Å². The number of aromatic nitrogens is 3. The Labute approximate surface area is 138 Å². The molecule has 2 aromatic carbocycles. The quantitative estimate of drug-likeness (QED) is 0.570. The third-order valence-electron chi connectivity index (χ3n) is 4.14. The largest absolute Gasteiger partial charge is 0.465 e. The molecule has 0 aliphatic carbocycles. The lowest BCUT2D eigenvalue weighted by Gasteiger charge is -2.09. The van der Waals surface area contributed by atoms with Gasteiger partial charge in [-0.2, -0.15) is 5.10 Å². The number of benzene rings is 2. The molecule has 5 nitrogen and oxygen atoms in total. The summed E-state index contributed by atoms with van der Waals surface area (Å²) in [5, 5.41) is 9.20. The van der Waals surface area contributed by atoms with Crippen molar-refractivity contribution in [2.45, 2.75) is 6.92 Å². The zero-order valence-electron chi connectivity index (χ0n) is 13.3. The Balaban J connectivity index is 2.13. The first kappa shape index (κ1) is 14.4. The molecule has 4 rings (SSSR count). The van der Waals surface area contributed by atoms with E-state index in [1.54, 1.807) is 6.07 Å². The number of esters is 1. The minimum absolute atomic E-state index is 0.366. The SMILES string of the molecule is COC(=O)c1ccc2c(c1)c(-c1ccccc1)nc1c(C)[nH]nc12. The van der Waals surface area contributed by atoms with Crippen molar-refractivity contribution in [3.63, 3.8) is 0 Å². The summed E-state index contributed by atoms with van der Waals surface area (Å²) < 4.78 is 4.84. The minimum atomic E-state index is -0.366. The van der Waals surface area contributed by atoms with Gasteiger partial charge in [-0.1, -0.05) is 36.4 Å². The standard InChI is InChI=1S/C19H15N3O2/c1-11-16-18(22-21-11)14-9-8-13(19(23)24-2)10-15(14)17(20-16)12-6-4-3-5-7-12/h3-10H,1-2H3,(H,21,22). The Kier molecular flexibility index (Phi) is 3.27. The molecule has 0 radical (unpaired) electrons. The number of hydrogen-bond acceptors (Lipinski definition) is 4. The van der Waals surface area contributed by atoms with Crippen molar-refractivity contribution in [2.75, 3.05) is 7.11 Å². The molecule has 4 aromatic rings. The van der Waals surface area contributed by atoms with Gasteiger partial charge in [0.05, 0.1) is 24.1 Å². The molecule has 0 atom stereocenters. The van der Waals surface area contributed by atoms with Crippen LogP contribution in [-0.4, -0.2) is 28.3 Å². The number of methoxy groups -OCH3 is 1. The van der Waals surface area contributed by atoms with Crippen LogP contribution in [0.25, 0.3) is 33.1 Å². The van der Waals surface area contributed by atoms with Gasteiger partial charge in [0.1, 0.15) is 11.0 Å². The fraction of sp³-hybridized carbons (Fsp3) is 0.105. The van der Waals surface area contributed by atoms with Gasteiger partial charge in [-0.25, -0.2) is 9.78 Å². The van der Waals surface area contributed by atoms with Crippen LogP contribution in [0.15, 0.2) is 48.5 Å². The molecule has 2 heterocycles. The first-order valence-corrected chi connectivity index (χ1v) is 7.61. The van der Waals surface area contributed by atoms with Crippen LogP contribution in [0.3, 0.4) is 0 Å². The summed E-state index contributed by atoms with van der Waals surface area (Å²) >= 11 is 0. The number of nitrogens with one attached hydrogen (secondary N) is 1. The molecule has 5 heteroatoms. The average Bonchev–Trinajstić information content (AvgIpc) is 3.01. The predicted molar refractivity (Wildman–Crippen MR) is 92.9 cm³/mol. The highest BCUT2D eigenvalue weighted by molar-refractivity contribution is 6.11. The summed E-state index contributed by atoms with van der Waals surface area (Å²) in [6.07, 6.45) is 0. The molecule has 0 aliphatic heterocycles. The Hall–Kier alpha value is -3.21. The van der Waals surface area contributed by atoms with E-state index in [1.807, 2.05) is 49.4 Å². The normalized spacial score (nSPS) is 11.1. The zero-order valence-corrected chi connectivity index (χ0v) is 13.3. The number of hydrogen-bond donors (Lipinski definition) is 1. The lowest BCUT2D eigenvalue weighted by atomic mass is 10.0.